The van der Waals surface area contributed by atoms with Crippen molar-refractivity contribution in [2.24, 2.45) is 0 Å². The second-order valence-electron chi connectivity index (χ2n) is 8.08. The standard InChI is InChI=1S/C27H25FN2O4/c1-5-17-11-23(22-7-6-19(28)8-16(22)2)26-24(12-17)27(32)30(15-25(31)29-26)14-18-9-20(33-3)13-21(10-18)34-4/h5-13H,1,14-15H2,2-4H3,(H,29,31). The van der Waals surface area contributed by atoms with Crippen LogP contribution in [0.2, 0.25) is 0 Å². The highest BCUT2D eigenvalue weighted by atomic mass is 19.1. The molecule has 174 valence electrons. The average Bonchev–Trinajstić information content (AvgIpc) is 2.94. The molecule has 0 saturated heterocycles. The Morgan fingerprint density at radius 3 is 2.29 bits per heavy atom. The van der Waals surface area contributed by atoms with Gasteiger partial charge in [0.15, 0.2) is 0 Å². The third-order valence-corrected chi connectivity index (χ3v) is 5.78. The Bertz CT molecular complexity index is 1280. The summed E-state index contributed by atoms with van der Waals surface area (Å²) in [4.78, 5) is 28.0. The molecule has 1 aliphatic rings. The minimum absolute atomic E-state index is 0.127. The van der Waals surface area contributed by atoms with Gasteiger partial charge in [-0.25, -0.2) is 4.39 Å². The third-order valence-electron chi connectivity index (χ3n) is 5.78. The summed E-state index contributed by atoms with van der Waals surface area (Å²) in [6, 6.07) is 13.3. The lowest BCUT2D eigenvalue weighted by Crippen LogP contribution is -2.34. The summed E-state index contributed by atoms with van der Waals surface area (Å²) in [7, 11) is 3.10. The quantitative estimate of drug-likeness (QED) is 0.559. The van der Waals surface area contributed by atoms with Crippen LogP contribution in [-0.4, -0.2) is 37.5 Å². The number of aryl methyl sites for hydroxylation is 1. The van der Waals surface area contributed by atoms with Crippen LogP contribution in [0.25, 0.3) is 17.2 Å². The summed E-state index contributed by atoms with van der Waals surface area (Å²) in [6.07, 6.45) is 1.64. The molecule has 1 heterocycles. The van der Waals surface area contributed by atoms with Gasteiger partial charge in [-0.1, -0.05) is 18.7 Å². The molecule has 1 N–H and O–H groups in total. The summed E-state index contributed by atoms with van der Waals surface area (Å²) in [5.41, 5.74) is 4.27. The first-order valence-electron chi connectivity index (χ1n) is 10.7. The number of rotatable bonds is 6. The van der Waals surface area contributed by atoms with E-state index in [4.69, 9.17) is 9.47 Å². The number of amides is 2. The topological polar surface area (TPSA) is 67.9 Å². The Kier molecular flexibility index (Phi) is 6.36. The van der Waals surface area contributed by atoms with Crippen LogP contribution < -0.4 is 14.8 Å². The van der Waals surface area contributed by atoms with Gasteiger partial charge in [0.05, 0.1) is 25.5 Å². The predicted molar refractivity (Wildman–Crippen MR) is 130 cm³/mol. The van der Waals surface area contributed by atoms with Crippen molar-refractivity contribution in [3.8, 4) is 22.6 Å². The number of carbonyl (C=O) groups is 2. The fourth-order valence-corrected chi connectivity index (χ4v) is 4.13. The molecule has 0 fully saturated rings. The van der Waals surface area contributed by atoms with Crippen LogP contribution in [-0.2, 0) is 11.3 Å². The fourth-order valence-electron chi connectivity index (χ4n) is 4.13. The van der Waals surface area contributed by atoms with Gasteiger partial charge < -0.3 is 19.7 Å². The van der Waals surface area contributed by atoms with Crippen molar-refractivity contribution < 1.29 is 23.5 Å². The van der Waals surface area contributed by atoms with Gasteiger partial charge in [-0.05, 0) is 65.6 Å². The zero-order chi connectivity index (χ0) is 24.4. The molecule has 4 rings (SSSR count). The minimum atomic E-state index is -0.354. The van der Waals surface area contributed by atoms with Crippen LogP contribution in [0.1, 0.15) is 27.0 Å². The third kappa shape index (κ3) is 4.50. The van der Waals surface area contributed by atoms with E-state index in [0.29, 0.717) is 39.4 Å². The van der Waals surface area contributed by atoms with Gasteiger partial charge in [-0.3, -0.25) is 9.59 Å². The number of ether oxygens (including phenoxy) is 2. The Hall–Kier alpha value is -4.13. The van der Waals surface area contributed by atoms with Crippen molar-refractivity contribution in [1.29, 1.82) is 0 Å². The number of nitrogens with zero attached hydrogens (tertiary/aromatic N) is 1. The van der Waals surface area contributed by atoms with E-state index < -0.39 is 0 Å². The van der Waals surface area contributed by atoms with Crippen molar-refractivity contribution in [3.05, 3.63) is 83.2 Å². The summed E-state index contributed by atoms with van der Waals surface area (Å²) < 4.78 is 24.4. The number of anilines is 1. The van der Waals surface area contributed by atoms with Gasteiger partial charge in [-0.2, -0.15) is 0 Å². The highest BCUT2D eigenvalue weighted by Crippen LogP contribution is 2.37. The molecule has 1 aliphatic heterocycles. The highest BCUT2D eigenvalue weighted by Gasteiger charge is 2.29. The number of hydrogen-bond acceptors (Lipinski definition) is 4. The van der Waals surface area contributed by atoms with Crippen LogP contribution >= 0.6 is 0 Å². The second kappa shape index (κ2) is 9.39. The van der Waals surface area contributed by atoms with Crippen molar-refractivity contribution in [2.75, 3.05) is 26.1 Å². The number of hydrogen-bond donors (Lipinski definition) is 1. The largest absolute Gasteiger partial charge is 0.497 e. The Balaban J connectivity index is 1.81. The normalized spacial score (nSPS) is 13.1. The lowest BCUT2D eigenvalue weighted by molar-refractivity contribution is -0.116. The van der Waals surface area contributed by atoms with E-state index in [2.05, 4.69) is 11.9 Å². The van der Waals surface area contributed by atoms with Gasteiger partial charge in [0.25, 0.3) is 5.91 Å². The number of nitrogens with one attached hydrogen (secondary N) is 1. The summed E-state index contributed by atoms with van der Waals surface area (Å²) in [6.45, 7) is 5.68. The average molecular weight is 461 g/mol. The summed E-state index contributed by atoms with van der Waals surface area (Å²) >= 11 is 0. The number of methoxy groups -OCH3 is 2. The zero-order valence-electron chi connectivity index (χ0n) is 19.3. The zero-order valence-corrected chi connectivity index (χ0v) is 19.3. The van der Waals surface area contributed by atoms with Crippen LogP contribution in [0, 0.1) is 12.7 Å². The molecular weight excluding hydrogens is 435 g/mol. The molecule has 3 aromatic rings. The van der Waals surface area contributed by atoms with Crippen molar-refractivity contribution in [3.63, 3.8) is 0 Å². The maximum absolute atomic E-state index is 13.7. The number of benzene rings is 3. The molecule has 2 amide bonds. The van der Waals surface area contributed by atoms with Crippen LogP contribution in [0.15, 0.2) is 55.1 Å². The van der Waals surface area contributed by atoms with Gasteiger partial charge in [0, 0.05) is 18.2 Å². The second-order valence-corrected chi connectivity index (χ2v) is 8.08. The highest BCUT2D eigenvalue weighted by molar-refractivity contribution is 6.12. The van der Waals surface area contributed by atoms with Crippen LogP contribution in [0.4, 0.5) is 10.1 Å². The molecule has 7 heteroatoms. The molecule has 0 bridgehead atoms. The maximum atomic E-state index is 13.7. The molecule has 0 aliphatic carbocycles. The maximum Gasteiger partial charge on any atom is 0.256 e. The van der Waals surface area contributed by atoms with Gasteiger partial charge in [-0.15, -0.1) is 0 Å². The molecular formula is C27H25FN2O4. The van der Waals surface area contributed by atoms with Crippen LogP contribution in [0.5, 0.6) is 11.5 Å². The van der Waals surface area contributed by atoms with Crippen molar-refractivity contribution in [2.45, 2.75) is 13.5 Å². The van der Waals surface area contributed by atoms with Gasteiger partial charge in [0.1, 0.15) is 23.9 Å². The first-order valence-corrected chi connectivity index (χ1v) is 10.7. The van der Waals surface area contributed by atoms with E-state index in [1.165, 1.54) is 17.0 Å². The van der Waals surface area contributed by atoms with Crippen molar-refractivity contribution in [1.82, 2.24) is 4.90 Å². The molecule has 3 aromatic carbocycles. The lowest BCUT2D eigenvalue weighted by Gasteiger charge is -2.21. The molecule has 0 aromatic heterocycles. The smallest absolute Gasteiger partial charge is 0.256 e. The molecule has 6 nitrogen and oxygen atoms in total. The number of fused-ring (bicyclic) bond motifs is 1. The molecule has 0 spiro atoms. The Morgan fingerprint density at radius 1 is 1.00 bits per heavy atom. The molecule has 0 saturated carbocycles. The first-order chi connectivity index (χ1) is 16.3. The SMILES string of the molecule is C=Cc1cc2c(c(-c3ccc(F)cc3C)c1)NC(=O)CN(Cc1cc(OC)cc(OC)c1)C2=O. The van der Waals surface area contributed by atoms with E-state index in [-0.39, 0.29) is 30.7 Å². The molecule has 0 unspecified atom stereocenters. The molecule has 34 heavy (non-hydrogen) atoms. The predicted octanol–water partition coefficient (Wildman–Crippen LogP) is 5.06. The van der Waals surface area contributed by atoms with E-state index in [1.54, 1.807) is 57.6 Å². The fraction of sp³-hybridized carbons (Fsp3) is 0.185. The monoisotopic (exact) mass is 460 g/mol. The van der Waals surface area contributed by atoms with E-state index in [1.807, 2.05) is 6.07 Å². The molecule has 0 atom stereocenters. The van der Waals surface area contributed by atoms with Gasteiger partial charge >= 0.3 is 0 Å². The Labute approximate surface area is 197 Å². The van der Waals surface area contributed by atoms with Gasteiger partial charge in [0.2, 0.25) is 5.91 Å². The van der Waals surface area contributed by atoms with E-state index >= 15 is 0 Å². The van der Waals surface area contributed by atoms with Crippen molar-refractivity contribution >= 4 is 23.6 Å². The van der Waals surface area contributed by atoms with Crippen LogP contribution in [0.3, 0.4) is 0 Å². The lowest BCUT2D eigenvalue weighted by atomic mass is 9.93. The number of carbonyl (C=O) groups excluding carboxylic acids is 2. The number of halogens is 1. The first kappa shape index (κ1) is 23.0. The van der Waals surface area contributed by atoms with E-state index in [9.17, 15) is 14.0 Å². The summed E-state index contributed by atoms with van der Waals surface area (Å²) in [5, 5.41) is 2.90. The van der Waals surface area contributed by atoms with E-state index in [0.717, 1.165) is 11.1 Å². The molecule has 0 radical (unpaired) electrons. The summed E-state index contributed by atoms with van der Waals surface area (Å²) in [5.74, 6) is 0.190. The Morgan fingerprint density at radius 2 is 1.68 bits per heavy atom. The minimum Gasteiger partial charge on any atom is -0.497 e.